The van der Waals surface area contributed by atoms with Crippen LogP contribution in [-0.2, 0) is 0 Å². The highest BCUT2D eigenvalue weighted by atomic mass is 16.5. The SMILES string of the molecule is Cc1ccc[n+]([O-])n1.Cc1cccnn1. The summed E-state index contributed by atoms with van der Waals surface area (Å²) in [7, 11) is 0. The lowest BCUT2D eigenvalue weighted by Gasteiger charge is -1.89. The van der Waals surface area contributed by atoms with Gasteiger partial charge >= 0.3 is 0 Å². The molecule has 0 amide bonds. The second kappa shape index (κ2) is 5.64. The third-order valence-electron chi connectivity index (χ3n) is 1.51. The summed E-state index contributed by atoms with van der Waals surface area (Å²) in [5, 5.41) is 21.2. The lowest BCUT2D eigenvalue weighted by atomic mass is 10.4. The Labute approximate surface area is 88.0 Å². The first-order valence-electron chi connectivity index (χ1n) is 4.46. The van der Waals surface area contributed by atoms with Crippen molar-refractivity contribution in [2.45, 2.75) is 13.8 Å². The zero-order chi connectivity index (χ0) is 11.1. The van der Waals surface area contributed by atoms with Gasteiger partial charge < -0.3 is 5.21 Å². The van der Waals surface area contributed by atoms with Crippen LogP contribution in [0.15, 0.2) is 36.7 Å². The molecule has 0 bridgehead atoms. The van der Waals surface area contributed by atoms with Crippen LogP contribution in [-0.4, -0.2) is 15.3 Å². The molecule has 0 aliphatic carbocycles. The van der Waals surface area contributed by atoms with E-state index in [9.17, 15) is 5.21 Å². The Bertz CT molecular complexity index is 388. The Hall–Kier alpha value is -2.04. The minimum atomic E-state index is 0.537. The van der Waals surface area contributed by atoms with Crippen LogP contribution in [0.4, 0.5) is 0 Å². The van der Waals surface area contributed by atoms with Crippen molar-refractivity contribution >= 4 is 0 Å². The van der Waals surface area contributed by atoms with Crippen molar-refractivity contribution in [1.82, 2.24) is 15.3 Å². The van der Waals surface area contributed by atoms with Gasteiger partial charge in [-0.25, -0.2) is 0 Å². The van der Waals surface area contributed by atoms with E-state index in [0.717, 1.165) is 11.4 Å². The van der Waals surface area contributed by atoms with E-state index < -0.39 is 0 Å². The second-order valence-electron chi connectivity index (χ2n) is 2.92. The molecule has 0 fully saturated rings. The molecule has 0 aliphatic heterocycles. The summed E-state index contributed by atoms with van der Waals surface area (Å²) in [4.78, 5) is 0.537. The Kier molecular flexibility index (Phi) is 4.15. The van der Waals surface area contributed by atoms with Gasteiger partial charge in [-0.15, -0.1) is 0 Å². The molecule has 5 heteroatoms. The van der Waals surface area contributed by atoms with E-state index in [1.807, 2.05) is 19.1 Å². The third-order valence-corrected chi connectivity index (χ3v) is 1.51. The summed E-state index contributed by atoms with van der Waals surface area (Å²) in [6.45, 7) is 3.68. The van der Waals surface area contributed by atoms with Crippen molar-refractivity contribution in [2.24, 2.45) is 0 Å². The van der Waals surface area contributed by atoms with E-state index in [2.05, 4.69) is 15.3 Å². The van der Waals surface area contributed by atoms with E-state index in [0.29, 0.717) is 4.85 Å². The van der Waals surface area contributed by atoms with Crippen molar-refractivity contribution in [3.63, 3.8) is 0 Å². The zero-order valence-corrected chi connectivity index (χ0v) is 8.66. The first-order valence-corrected chi connectivity index (χ1v) is 4.46. The van der Waals surface area contributed by atoms with Gasteiger partial charge in [0.2, 0.25) is 6.20 Å². The largest absolute Gasteiger partial charge is 0.594 e. The van der Waals surface area contributed by atoms with Gasteiger partial charge in [-0.05, 0) is 32.0 Å². The van der Waals surface area contributed by atoms with Crippen LogP contribution in [0.25, 0.3) is 0 Å². The first kappa shape index (κ1) is 11.0. The maximum atomic E-state index is 10.3. The van der Waals surface area contributed by atoms with Gasteiger partial charge in [0.1, 0.15) is 5.69 Å². The Morgan fingerprint density at radius 3 is 2.20 bits per heavy atom. The van der Waals surface area contributed by atoms with E-state index in [1.165, 1.54) is 6.20 Å². The van der Waals surface area contributed by atoms with Gasteiger partial charge in [0.15, 0.2) is 0 Å². The summed E-state index contributed by atoms with van der Waals surface area (Å²) in [6, 6.07) is 7.21. The lowest BCUT2D eigenvalue weighted by Crippen LogP contribution is -2.30. The quantitative estimate of drug-likeness (QED) is 0.470. The monoisotopic (exact) mass is 204 g/mol. The highest BCUT2D eigenvalue weighted by Gasteiger charge is 1.87. The summed E-state index contributed by atoms with van der Waals surface area (Å²) >= 11 is 0. The fourth-order valence-corrected chi connectivity index (χ4v) is 0.857. The average molecular weight is 204 g/mol. The highest BCUT2D eigenvalue weighted by Crippen LogP contribution is 1.82. The molecule has 2 rings (SSSR count). The molecular weight excluding hydrogens is 192 g/mol. The molecule has 2 heterocycles. The van der Waals surface area contributed by atoms with Crippen LogP contribution in [0.5, 0.6) is 0 Å². The van der Waals surface area contributed by atoms with Crippen molar-refractivity contribution in [3.8, 4) is 0 Å². The smallest absolute Gasteiger partial charge is 0.209 e. The number of aryl methyl sites for hydroxylation is 2. The second-order valence-corrected chi connectivity index (χ2v) is 2.92. The van der Waals surface area contributed by atoms with E-state index in [4.69, 9.17) is 0 Å². The van der Waals surface area contributed by atoms with Crippen LogP contribution in [0.2, 0.25) is 0 Å². The summed E-state index contributed by atoms with van der Waals surface area (Å²) in [5.74, 6) is 0. The average Bonchev–Trinajstić information content (AvgIpc) is 2.19. The highest BCUT2D eigenvalue weighted by molar-refractivity contribution is 4.94. The molecule has 0 spiro atoms. The summed E-state index contributed by atoms with van der Waals surface area (Å²) in [5.41, 5.74) is 1.70. The van der Waals surface area contributed by atoms with Crippen LogP contribution in [0.3, 0.4) is 0 Å². The maximum absolute atomic E-state index is 10.3. The van der Waals surface area contributed by atoms with Crippen molar-refractivity contribution in [1.29, 1.82) is 0 Å². The molecule has 0 saturated heterocycles. The van der Waals surface area contributed by atoms with Crippen molar-refractivity contribution in [2.75, 3.05) is 0 Å². The van der Waals surface area contributed by atoms with Gasteiger partial charge in [-0.1, -0.05) is 4.85 Å². The van der Waals surface area contributed by atoms with E-state index in [-0.39, 0.29) is 0 Å². The first-order chi connectivity index (χ1) is 7.18. The Balaban J connectivity index is 0.000000151. The van der Waals surface area contributed by atoms with Crippen LogP contribution in [0.1, 0.15) is 11.4 Å². The molecule has 0 aliphatic rings. The predicted octanol–water partition coefficient (Wildman–Crippen LogP) is 0.808. The number of aromatic nitrogens is 4. The molecule has 78 valence electrons. The van der Waals surface area contributed by atoms with Gasteiger partial charge in [0.25, 0.3) is 0 Å². The third kappa shape index (κ3) is 4.66. The van der Waals surface area contributed by atoms with Crippen LogP contribution < -0.4 is 4.85 Å². The van der Waals surface area contributed by atoms with Gasteiger partial charge in [-0.2, -0.15) is 10.2 Å². The molecule has 0 N–H and O–H groups in total. The molecule has 0 radical (unpaired) electrons. The number of nitrogens with zero attached hydrogens (tertiary/aromatic N) is 4. The summed E-state index contributed by atoms with van der Waals surface area (Å²) < 4.78 is 0. The minimum absolute atomic E-state index is 0.537. The Morgan fingerprint density at radius 2 is 1.87 bits per heavy atom. The van der Waals surface area contributed by atoms with Crippen molar-refractivity contribution in [3.05, 3.63) is 53.3 Å². The molecule has 5 nitrogen and oxygen atoms in total. The zero-order valence-electron chi connectivity index (χ0n) is 8.66. The molecule has 0 atom stereocenters. The topological polar surface area (TPSA) is 65.6 Å². The van der Waals surface area contributed by atoms with Crippen LogP contribution >= 0.6 is 0 Å². The molecule has 0 unspecified atom stereocenters. The fraction of sp³-hybridized carbons (Fsp3) is 0.200. The van der Waals surface area contributed by atoms with Gasteiger partial charge in [0, 0.05) is 17.4 Å². The normalized spacial score (nSPS) is 8.93. The van der Waals surface area contributed by atoms with E-state index in [1.54, 1.807) is 25.3 Å². The molecular formula is C10H12N4O. The molecule has 0 aromatic carbocycles. The van der Waals surface area contributed by atoms with Crippen molar-refractivity contribution < 1.29 is 4.85 Å². The van der Waals surface area contributed by atoms with Gasteiger partial charge in [0.05, 0.1) is 5.69 Å². The number of hydrogen-bond acceptors (Lipinski definition) is 4. The number of rotatable bonds is 0. The van der Waals surface area contributed by atoms with Crippen LogP contribution in [0, 0.1) is 19.1 Å². The number of hydrogen-bond donors (Lipinski definition) is 0. The molecule has 2 aromatic rings. The standard InChI is InChI=1S/C5H6N2O.C5H6N2/c1-5-3-2-4-7(8)6-5;1-5-3-2-4-6-7-5/h2-4H,1H3;2-4H,1H3. The molecule has 0 saturated carbocycles. The maximum Gasteiger partial charge on any atom is 0.209 e. The van der Waals surface area contributed by atoms with E-state index >= 15 is 0 Å². The fourth-order valence-electron chi connectivity index (χ4n) is 0.857. The predicted molar refractivity (Wildman–Crippen MR) is 54.7 cm³/mol. The molecule has 15 heavy (non-hydrogen) atoms. The van der Waals surface area contributed by atoms with Gasteiger partial charge in [-0.3, -0.25) is 0 Å². The minimum Gasteiger partial charge on any atom is -0.594 e. The Morgan fingerprint density at radius 1 is 1.13 bits per heavy atom. The molecule has 2 aromatic heterocycles. The summed E-state index contributed by atoms with van der Waals surface area (Å²) in [6.07, 6.45) is 3.01. The lowest BCUT2D eigenvalue weighted by molar-refractivity contribution is -0.669.